The van der Waals surface area contributed by atoms with E-state index in [1.165, 1.54) is 11.3 Å². The first-order valence-electron chi connectivity index (χ1n) is 11.2. The van der Waals surface area contributed by atoms with Crippen LogP contribution in [0.5, 0.6) is 0 Å². The Kier molecular flexibility index (Phi) is 7.14. The molecule has 7 heteroatoms. The van der Waals surface area contributed by atoms with Crippen molar-refractivity contribution < 1.29 is 13.2 Å². The van der Waals surface area contributed by atoms with E-state index in [2.05, 4.69) is 12.1 Å². The van der Waals surface area contributed by atoms with Crippen LogP contribution in [0.4, 0.5) is 5.13 Å². The number of anilines is 1. The van der Waals surface area contributed by atoms with Gasteiger partial charge in [0.05, 0.1) is 27.4 Å². The van der Waals surface area contributed by atoms with Crippen LogP contribution in [0.1, 0.15) is 35.1 Å². The summed E-state index contributed by atoms with van der Waals surface area (Å²) in [5.41, 5.74) is 5.14. The van der Waals surface area contributed by atoms with Crippen molar-refractivity contribution in [3.8, 4) is 0 Å². The molecule has 0 aliphatic rings. The van der Waals surface area contributed by atoms with Crippen LogP contribution in [0.15, 0.2) is 71.6 Å². The number of benzene rings is 3. The average Bonchev–Trinajstić information content (AvgIpc) is 3.22. The number of amides is 1. The van der Waals surface area contributed by atoms with Crippen LogP contribution in [0.3, 0.4) is 0 Å². The van der Waals surface area contributed by atoms with E-state index in [1.54, 1.807) is 29.2 Å². The zero-order chi connectivity index (χ0) is 24.3. The predicted molar refractivity (Wildman–Crippen MR) is 139 cm³/mol. The summed E-state index contributed by atoms with van der Waals surface area (Å²) >= 11 is 1.49. The molecule has 4 rings (SSSR count). The maximum Gasteiger partial charge on any atom is 0.229 e. The number of carbonyl (C=O) groups is 1. The number of thiazole rings is 1. The molecule has 1 heterocycles. The third-order valence-electron chi connectivity index (χ3n) is 5.72. The van der Waals surface area contributed by atoms with E-state index in [-0.39, 0.29) is 24.5 Å². The SMILES string of the molecule is Cc1ccc(S(=O)(=O)CCCC(=O)N(Cc2ccccc2)c2nc3c(C)cc(C)cc3s2)cc1. The number of hydrogen-bond acceptors (Lipinski definition) is 5. The molecular weight excluding hydrogens is 464 g/mol. The Morgan fingerprint density at radius 2 is 1.65 bits per heavy atom. The highest BCUT2D eigenvalue weighted by Crippen LogP contribution is 2.33. The van der Waals surface area contributed by atoms with Gasteiger partial charge >= 0.3 is 0 Å². The van der Waals surface area contributed by atoms with E-state index in [0.29, 0.717) is 16.6 Å². The summed E-state index contributed by atoms with van der Waals surface area (Å²) in [7, 11) is -3.44. The topological polar surface area (TPSA) is 67.3 Å². The number of sulfone groups is 1. The molecule has 5 nitrogen and oxygen atoms in total. The largest absolute Gasteiger partial charge is 0.284 e. The highest BCUT2D eigenvalue weighted by molar-refractivity contribution is 7.91. The number of aryl methyl sites for hydroxylation is 3. The second-order valence-electron chi connectivity index (χ2n) is 8.63. The molecule has 0 bridgehead atoms. The molecule has 0 aliphatic heterocycles. The van der Waals surface area contributed by atoms with Crippen LogP contribution in [0.2, 0.25) is 0 Å². The van der Waals surface area contributed by atoms with E-state index in [9.17, 15) is 13.2 Å². The summed E-state index contributed by atoms with van der Waals surface area (Å²) in [6.07, 6.45) is 0.384. The number of rotatable bonds is 8. The Bertz CT molecular complexity index is 1410. The highest BCUT2D eigenvalue weighted by atomic mass is 32.2. The lowest BCUT2D eigenvalue weighted by molar-refractivity contribution is -0.118. The Balaban J connectivity index is 1.55. The molecular formula is C27H28N2O3S2. The lowest BCUT2D eigenvalue weighted by atomic mass is 10.1. The van der Waals surface area contributed by atoms with Crippen LogP contribution in [0.25, 0.3) is 10.2 Å². The van der Waals surface area contributed by atoms with Gasteiger partial charge in [-0.1, -0.05) is 65.4 Å². The van der Waals surface area contributed by atoms with Gasteiger partial charge in [0.1, 0.15) is 0 Å². The maximum atomic E-state index is 13.3. The molecule has 0 unspecified atom stereocenters. The molecule has 0 spiro atoms. The Morgan fingerprint density at radius 1 is 0.941 bits per heavy atom. The van der Waals surface area contributed by atoms with Crippen LogP contribution >= 0.6 is 11.3 Å². The van der Waals surface area contributed by atoms with Gasteiger partial charge in [-0.05, 0) is 62.1 Å². The first-order valence-corrected chi connectivity index (χ1v) is 13.7. The minimum Gasteiger partial charge on any atom is -0.284 e. The van der Waals surface area contributed by atoms with Crippen LogP contribution in [-0.2, 0) is 21.2 Å². The molecule has 0 N–H and O–H groups in total. The Labute approximate surface area is 205 Å². The lowest BCUT2D eigenvalue weighted by Gasteiger charge is -2.20. The number of carbonyl (C=O) groups excluding carboxylic acids is 1. The molecule has 4 aromatic rings. The molecule has 1 amide bonds. The van der Waals surface area contributed by atoms with Crippen molar-refractivity contribution in [1.29, 1.82) is 0 Å². The molecule has 3 aromatic carbocycles. The van der Waals surface area contributed by atoms with E-state index in [4.69, 9.17) is 4.98 Å². The lowest BCUT2D eigenvalue weighted by Crippen LogP contribution is -2.30. The van der Waals surface area contributed by atoms with E-state index in [0.717, 1.165) is 32.5 Å². The molecule has 0 saturated carbocycles. The van der Waals surface area contributed by atoms with Crippen LogP contribution in [0, 0.1) is 20.8 Å². The second kappa shape index (κ2) is 10.1. The predicted octanol–water partition coefficient (Wildman–Crippen LogP) is 6.01. The van der Waals surface area contributed by atoms with Gasteiger partial charge in [-0.15, -0.1) is 0 Å². The monoisotopic (exact) mass is 492 g/mol. The van der Waals surface area contributed by atoms with Crippen molar-refractivity contribution >= 4 is 42.4 Å². The molecule has 176 valence electrons. The van der Waals surface area contributed by atoms with E-state index >= 15 is 0 Å². The Hall–Kier alpha value is -3.03. The normalized spacial score (nSPS) is 11.6. The van der Waals surface area contributed by atoms with Gasteiger partial charge < -0.3 is 0 Å². The number of nitrogens with zero attached hydrogens (tertiary/aromatic N) is 2. The van der Waals surface area contributed by atoms with Gasteiger partial charge in [0.2, 0.25) is 5.91 Å². The fraction of sp³-hybridized carbons (Fsp3) is 0.259. The van der Waals surface area contributed by atoms with Crippen molar-refractivity contribution in [1.82, 2.24) is 4.98 Å². The summed E-state index contributed by atoms with van der Waals surface area (Å²) in [4.78, 5) is 20.1. The quantitative estimate of drug-likeness (QED) is 0.302. The summed E-state index contributed by atoms with van der Waals surface area (Å²) in [6.45, 7) is 6.38. The van der Waals surface area contributed by atoms with Crippen molar-refractivity contribution in [2.45, 2.75) is 45.1 Å². The van der Waals surface area contributed by atoms with Gasteiger partial charge in [0, 0.05) is 6.42 Å². The van der Waals surface area contributed by atoms with Crippen molar-refractivity contribution in [3.63, 3.8) is 0 Å². The fourth-order valence-electron chi connectivity index (χ4n) is 3.91. The summed E-state index contributed by atoms with van der Waals surface area (Å²) in [5, 5.41) is 0.638. The van der Waals surface area contributed by atoms with Gasteiger partial charge in [-0.2, -0.15) is 0 Å². The molecule has 1 aromatic heterocycles. The summed E-state index contributed by atoms with van der Waals surface area (Å²) in [6, 6.07) is 20.8. The molecule has 0 atom stereocenters. The van der Waals surface area contributed by atoms with Crippen molar-refractivity contribution in [2.24, 2.45) is 0 Å². The third kappa shape index (κ3) is 5.54. The number of aromatic nitrogens is 1. The number of hydrogen-bond donors (Lipinski definition) is 0. The minimum atomic E-state index is -3.44. The van der Waals surface area contributed by atoms with Gasteiger partial charge in [-0.25, -0.2) is 13.4 Å². The molecule has 0 aliphatic carbocycles. The van der Waals surface area contributed by atoms with Crippen molar-refractivity contribution in [3.05, 3.63) is 89.0 Å². The van der Waals surface area contributed by atoms with Gasteiger partial charge in [0.15, 0.2) is 15.0 Å². The number of fused-ring (bicyclic) bond motifs is 1. The average molecular weight is 493 g/mol. The molecule has 0 fully saturated rings. The minimum absolute atomic E-state index is 0.0703. The van der Waals surface area contributed by atoms with Crippen molar-refractivity contribution in [2.75, 3.05) is 10.7 Å². The first-order chi connectivity index (χ1) is 16.2. The summed E-state index contributed by atoms with van der Waals surface area (Å²) in [5.74, 6) is -0.199. The zero-order valence-corrected chi connectivity index (χ0v) is 21.2. The van der Waals surface area contributed by atoms with Gasteiger partial charge in [-0.3, -0.25) is 9.69 Å². The second-order valence-corrected chi connectivity index (χ2v) is 11.7. The van der Waals surface area contributed by atoms with E-state index in [1.807, 2.05) is 51.1 Å². The summed E-state index contributed by atoms with van der Waals surface area (Å²) < 4.78 is 26.5. The molecule has 34 heavy (non-hydrogen) atoms. The fourth-order valence-corrected chi connectivity index (χ4v) is 6.38. The maximum absolute atomic E-state index is 13.3. The molecule has 0 saturated heterocycles. The highest BCUT2D eigenvalue weighted by Gasteiger charge is 2.22. The Morgan fingerprint density at radius 3 is 2.35 bits per heavy atom. The first kappa shape index (κ1) is 24.1. The smallest absolute Gasteiger partial charge is 0.229 e. The van der Waals surface area contributed by atoms with Gasteiger partial charge in [0.25, 0.3) is 0 Å². The standard InChI is InChI=1S/C27H28N2O3S2/c1-19-11-13-23(14-12-19)34(31,32)15-7-10-25(30)29(18-22-8-5-4-6-9-22)27-28-26-21(3)16-20(2)17-24(26)33-27/h4-6,8-9,11-14,16-17H,7,10,15,18H2,1-3H3. The van der Waals surface area contributed by atoms with Crippen LogP contribution < -0.4 is 4.90 Å². The molecule has 0 radical (unpaired) electrons. The van der Waals surface area contributed by atoms with Crippen LogP contribution in [-0.4, -0.2) is 25.1 Å². The third-order valence-corrected chi connectivity index (χ3v) is 8.56. The zero-order valence-electron chi connectivity index (χ0n) is 19.6. The van der Waals surface area contributed by atoms with E-state index < -0.39 is 9.84 Å².